The molecule has 2 nitrogen and oxygen atoms in total. The Balaban J connectivity index is 3.02. The minimum absolute atomic E-state index is 0.245. The highest BCUT2D eigenvalue weighted by Gasteiger charge is 2.11. The molecule has 0 saturated heterocycles. The van der Waals surface area contributed by atoms with Crippen LogP contribution in [0, 0.1) is 0 Å². The summed E-state index contributed by atoms with van der Waals surface area (Å²) in [5.74, 6) is 1.41. The van der Waals surface area contributed by atoms with Crippen molar-refractivity contribution in [3.8, 4) is 5.75 Å². The molecule has 0 radical (unpaired) electrons. The van der Waals surface area contributed by atoms with Crippen LogP contribution in [-0.2, 0) is 6.42 Å². The largest absolute Gasteiger partial charge is 0.496 e. The van der Waals surface area contributed by atoms with E-state index >= 15 is 0 Å². The van der Waals surface area contributed by atoms with E-state index in [4.69, 9.17) is 9.84 Å². The molecule has 1 rings (SSSR count). The lowest BCUT2D eigenvalue weighted by atomic mass is 9.93. The van der Waals surface area contributed by atoms with E-state index in [2.05, 4.69) is 19.9 Å². The van der Waals surface area contributed by atoms with E-state index in [-0.39, 0.29) is 6.61 Å². The minimum Gasteiger partial charge on any atom is -0.496 e. The maximum atomic E-state index is 8.85. The molecule has 0 amide bonds. The van der Waals surface area contributed by atoms with E-state index in [0.29, 0.717) is 5.92 Å². The number of aliphatic hydroxyl groups is 1. The zero-order valence-electron chi connectivity index (χ0n) is 9.79. The zero-order valence-corrected chi connectivity index (χ0v) is 9.79. The molecule has 2 heteroatoms. The van der Waals surface area contributed by atoms with Gasteiger partial charge in [-0.15, -0.1) is 0 Å². The minimum atomic E-state index is 0.245. The standard InChI is InChI=1S/C13H20O2/c1-10(2)13-11(7-5-9-14)6-4-8-12(13)15-3/h4,6,8,10,14H,5,7,9H2,1-3H3. The molecule has 84 valence electrons. The van der Waals surface area contributed by atoms with Gasteiger partial charge in [0.1, 0.15) is 5.75 Å². The summed E-state index contributed by atoms with van der Waals surface area (Å²) >= 11 is 0. The van der Waals surface area contributed by atoms with Crippen LogP contribution in [0.15, 0.2) is 18.2 Å². The number of hydrogen-bond donors (Lipinski definition) is 1. The first kappa shape index (κ1) is 12.1. The normalized spacial score (nSPS) is 10.7. The van der Waals surface area contributed by atoms with E-state index in [1.165, 1.54) is 11.1 Å². The summed E-state index contributed by atoms with van der Waals surface area (Å²) in [4.78, 5) is 0. The second kappa shape index (κ2) is 5.76. The molecular formula is C13H20O2. The quantitative estimate of drug-likeness (QED) is 0.806. The topological polar surface area (TPSA) is 29.5 Å². The Morgan fingerprint density at radius 1 is 1.33 bits per heavy atom. The van der Waals surface area contributed by atoms with Crippen molar-refractivity contribution >= 4 is 0 Å². The van der Waals surface area contributed by atoms with Crippen molar-refractivity contribution in [2.45, 2.75) is 32.6 Å². The van der Waals surface area contributed by atoms with Crippen molar-refractivity contribution in [3.05, 3.63) is 29.3 Å². The number of aryl methyl sites for hydroxylation is 1. The van der Waals surface area contributed by atoms with Crippen LogP contribution in [0.25, 0.3) is 0 Å². The molecule has 0 heterocycles. The van der Waals surface area contributed by atoms with Crippen LogP contribution in [0.3, 0.4) is 0 Å². The first-order chi connectivity index (χ1) is 7.20. The number of hydrogen-bond acceptors (Lipinski definition) is 2. The Morgan fingerprint density at radius 3 is 2.60 bits per heavy atom. The lowest BCUT2D eigenvalue weighted by molar-refractivity contribution is 0.288. The highest BCUT2D eigenvalue weighted by molar-refractivity contribution is 5.42. The molecular weight excluding hydrogens is 188 g/mol. The van der Waals surface area contributed by atoms with E-state index in [0.717, 1.165) is 18.6 Å². The third kappa shape index (κ3) is 2.96. The van der Waals surface area contributed by atoms with Gasteiger partial charge in [-0.2, -0.15) is 0 Å². The van der Waals surface area contributed by atoms with Crippen LogP contribution >= 0.6 is 0 Å². The van der Waals surface area contributed by atoms with Crippen LogP contribution in [0.2, 0.25) is 0 Å². The van der Waals surface area contributed by atoms with Crippen molar-refractivity contribution < 1.29 is 9.84 Å². The van der Waals surface area contributed by atoms with Crippen LogP contribution in [0.4, 0.5) is 0 Å². The second-order valence-electron chi connectivity index (χ2n) is 4.01. The van der Waals surface area contributed by atoms with Gasteiger partial charge in [-0.25, -0.2) is 0 Å². The Hall–Kier alpha value is -1.02. The summed E-state index contributed by atoms with van der Waals surface area (Å²) in [6, 6.07) is 6.13. The second-order valence-corrected chi connectivity index (χ2v) is 4.01. The lowest BCUT2D eigenvalue weighted by Gasteiger charge is -2.16. The smallest absolute Gasteiger partial charge is 0.122 e. The van der Waals surface area contributed by atoms with E-state index in [1.807, 2.05) is 12.1 Å². The molecule has 0 fully saturated rings. The van der Waals surface area contributed by atoms with Crippen LogP contribution in [0.1, 0.15) is 37.3 Å². The van der Waals surface area contributed by atoms with Crippen LogP contribution in [-0.4, -0.2) is 18.8 Å². The van der Waals surface area contributed by atoms with Gasteiger partial charge in [-0.1, -0.05) is 26.0 Å². The molecule has 0 bridgehead atoms. The molecule has 15 heavy (non-hydrogen) atoms. The molecule has 1 aromatic rings. The predicted molar refractivity (Wildman–Crippen MR) is 62.5 cm³/mol. The summed E-state index contributed by atoms with van der Waals surface area (Å²) in [5.41, 5.74) is 2.56. The highest BCUT2D eigenvalue weighted by atomic mass is 16.5. The van der Waals surface area contributed by atoms with Crippen molar-refractivity contribution in [2.75, 3.05) is 13.7 Å². The zero-order chi connectivity index (χ0) is 11.3. The van der Waals surface area contributed by atoms with Crippen molar-refractivity contribution in [3.63, 3.8) is 0 Å². The number of ether oxygens (including phenoxy) is 1. The Kier molecular flexibility index (Phi) is 4.63. The Morgan fingerprint density at radius 2 is 2.07 bits per heavy atom. The Bertz CT molecular complexity index is 305. The molecule has 0 aromatic heterocycles. The molecule has 0 atom stereocenters. The summed E-state index contributed by atoms with van der Waals surface area (Å²) in [7, 11) is 1.71. The van der Waals surface area contributed by atoms with Gasteiger partial charge in [0.05, 0.1) is 7.11 Å². The summed E-state index contributed by atoms with van der Waals surface area (Å²) in [6.07, 6.45) is 1.73. The fourth-order valence-corrected chi connectivity index (χ4v) is 1.91. The average molecular weight is 208 g/mol. The van der Waals surface area contributed by atoms with Crippen LogP contribution < -0.4 is 4.74 Å². The first-order valence-corrected chi connectivity index (χ1v) is 5.47. The average Bonchev–Trinajstić information content (AvgIpc) is 2.25. The predicted octanol–water partition coefficient (Wildman–Crippen LogP) is 2.74. The van der Waals surface area contributed by atoms with Crippen LogP contribution in [0.5, 0.6) is 5.75 Å². The van der Waals surface area contributed by atoms with E-state index < -0.39 is 0 Å². The van der Waals surface area contributed by atoms with Gasteiger partial charge < -0.3 is 9.84 Å². The van der Waals surface area contributed by atoms with Crippen molar-refractivity contribution in [1.29, 1.82) is 0 Å². The van der Waals surface area contributed by atoms with E-state index in [9.17, 15) is 0 Å². The van der Waals surface area contributed by atoms with Gasteiger partial charge in [-0.05, 0) is 36.0 Å². The first-order valence-electron chi connectivity index (χ1n) is 5.47. The monoisotopic (exact) mass is 208 g/mol. The maximum absolute atomic E-state index is 8.85. The third-order valence-corrected chi connectivity index (χ3v) is 2.56. The lowest BCUT2D eigenvalue weighted by Crippen LogP contribution is -2.01. The van der Waals surface area contributed by atoms with Crippen molar-refractivity contribution in [2.24, 2.45) is 0 Å². The highest BCUT2D eigenvalue weighted by Crippen LogP contribution is 2.30. The molecule has 0 aliphatic rings. The van der Waals surface area contributed by atoms with Gasteiger partial charge in [0.2, 0.25) is 0 Å². The maximum Gasteiger partial charge on any atom is 0.122 e. The fourth-order valence-electron chi connectivity index (χ4n) is 1.91. The third-order valence-electron chi connectivity index (χ3n) is 2.56. The molecule has 1 N–H and O–H groups in total. The van der Waals surface area contributed by atoms with Gasteiger partial charge in [0.15, 0.2) is 0 Å². The number of benzene rings is 1. The summed E-state index contributed by atoms with van der Waals surface area (Å²) in [6.45, 7) is 4.58. The van der Waals surface area contributed by atoms with E-state index in [1.54, 1.807) is 7.11 Å². The number of rotatable bonds is 5. The Labute approximate surface area is 91.9 Å². The van der Waals surface area contributed by atoms with Gasteiger partial charge in [-0.3, -0.25) is 0 Å². The molecule has 1 aromatic carbocycles. The van der Waals surface area contributed by atoms with Gasteiger partial charge >= 0.3 is 0 Å². The molecule has 0 aliphatic heterocycles. The summed E-state index contributed by atoms with van der Waals surface area (Å²) < 4.78 is 5.36. The number of methoxy groups -OCH3 is 1. The SMILES string of the molecule is COc1cccc(CCCO)c1C(C)C. The van der Waals surface area contributed by atoms with Gasteiger partial charge in [0.25, 0.3) is 0 Å². The molecule has 0 unspecified atom stereocenters. The molecule has 0 saturated carbocycles. The van der Waals surface area contributed by atoms with Gasteiger partial charge in [0, 0.05) is 6.61 Å². The molecule has 0 spiro atoms. The molecule has 0 aliphatic carbocycles. The van der Waals surface area contributed by atoms with Crippen molar-refractivity contribution in [1.82, 2.24) is 0 Å². The number of aliphatic hydroxyl groups excluding tert-OH is 1. The fraction of sp³-hybridized carbons (Fsp3) is 0.538. The summed E-state index contributed by atoms with van der Waals surface area (Å²) in [5, 5.41) is 8.85.